The molecular formula is C13H16ClFO2. The van der Waals surface area contributed by atoms with Gasteiger partial charge in [0, 0.05) is 13.0 Å². The fraction of sp³-hybridized carbons (Fsp3) is 0.462. The molecule has 4 heteroatoms. The van der Waals surface area contributed by atoms with Crippen LogP contribution in [0.3, 0.4) is 0 Å². The molecule has 0 saturated heterocycles. The molecule has 1 aromatic carbocycles. The zero-order valence-electron chi connectivity index (χ0n) is 10.0. The van der Waals surface area contributed by atoms with Gasteiger partial charge in [0.05, 0.1) is 5.02 Å². The smallest absolute Gasteiger partial charge is 0.165 e. The number of Topliss-reactive ketones (excluding diaryl/α,β-unsaturated/α-hetero) is 1. The van der Waals surface area contributed by atoms with Gasteiger partial charge in [0.1, 0.15) is 11.9 Å². The first-order valence-corrected chi connectivity index (χ1v) is 6.04. The van der Waals surface area contributed by atoms with Crippen LogP contribution >= 0.6 is 11.6 Å². The third-order valence-corrected chi connectivity index (χ3v) is 2.77. The highest BCUT2D eigenvalue weighted by Crippen LogP contribution is 2.16. The Labute approximate surface area is 106 Å². The number of carbonyl (C=O) groups excluding carboxylic acids is 1. The van der Waals surface area contributed by atoms with Crippen molar-refractivity contribution in [3.63, 3.8) is 0 Å². The molecule has 17 heavy (non-hydrogen) atoms. The van der Waals surface area contributed by atoms with E-state index in [0.29, 0.717) is 18.6 Å². The zero-order valence-corrected chi connectivity index (χ0v) is 10.8. The number of benzene rings is 1. The van der Waals surface area contributed by atoms with Crippen LogP contribution in [0.15, 0.2) is 18.2 Å². The average molecular weight is 259 g/mol. The molecular weight excluding hydrogens is 243 g/mol. The Bertz CT molecular complexity index is 393. The van der Waals surface area contributed by atoms with E-state index in [9.17, 15) is 9.18 Å². The van der Waals surface area contributed by atoms with Gasteiger partial charge in [-0.05, 0) is 31.0 Å². The van der Waals surface area contributed by atoms with E-state index in [0.717, 1.165) is 0 Å². The summed E-state index contributed by atoms with van der Waals surface area (Å²) in [5.74, 6) is -0.530. The fourth-order valence-electron chi connectivity index (χ4n) is 1.60. The van der Waals surface area contributed by atoms with E-state index < -0.39 is 11.9 Å². The topological polar surface area (TPSA) is 26.3 Å². The van der Waals surface area contributed by atoms with Crippen molar-refractivity contribution >= 4 is 17.4 Å². The van der Waals surface area contributed by atoms with Gasteiger partial charge in [0.2, 0.25) is 0 Å². The third-order valence-electron chi connectivity index (χ3n) is 2.46. The maximum absolute atomic E-state index is 13.2. The summed E-state index contributed by atoms with van der Waals surface area (Å²) in [5.41, 5.74) is 0.620. The molecule has 0 aromatic heterocycles. The lowest BCUT2D eigenvalue weighted by atomic mass is 10.0. The van der Waals surface area contributed by atoms with Crippen LogP contribution in [0.25, 0.3) is 0 Å². The van der Waals surface area contributed by atoms with E-state index in [1.165, 1.54) is 12.1 Å². The number of ketones is 1. The van der Waals surface area contributed by atoms with Gasteiger partial charge in [-0.2, -0.15) is 0 Å². The van der Waals surface area contributed by atoms with E-state index in [4.69, 9.17) is 16.3 Å². The summed E-state index contributed by atoms with van der Waals surface area (Å²) in [6, 6.07) is 4.40. The minimum absolute atomic E-state index is 0.0314. The van der Waals surface area contributed by atoms with Crippen LogP contribution in [0.5, 0.6) is 0 Å². The number of ether oxygens (including phenoxy) is 1. The summed E-state index contributed by atoms with van der Waals surface area (Å²) in [7, 11) is 0. The summed E-state index contributed by atoms with van der Waals surface area (Å²) in [6.45, 7) is 4.23. The third kappa shape index (κ3) is 4.10. The molecule has 0 aliphatic heterocycles. The molecule has 0 spiro atoms. The van der Waals surface area contributed by atoms with Crippen molar-refractivity contribution in [1.29, 1.82) is 0 Å². The highest BCUT2D eigenvalue weighted by Gasteiger charge is 2.17. The Hall–Kier alpha value is -0.930. The van der Waals surface area contributed by atoms with Crippen LogP contribution in [-0.4, -0.2) is 18.5 Å². The number of hydrogen-bond acceptors (Lipinski definition) is 2. The van der Waals surface area contributed by atoms with Gasteiger partial charge < -0.3 is 4.74 Å². The molecule has 0 heterocycles. The molecule has 1 rings (SSSR count). The minimum Gasteiger partial charge on any atom is -0.371 e. The molecule has 0 bridgehead atoms. The van der Waals surface area contributed by atoms with Crippen molar-refractivity contribution in [2.24, 2.45) is 0 Å². The maximum Gasteiger partial charge on any atom is 0.165 e. The quantitative estimate of drug-likeness (QED) is 0.782. The van der Waals surface area contributed by atoms with Gasteiger partial charge >= 0.3 is 0 Å². The summed E-state index contributed by atoms with van der Waals surface area (Å²) >= 11 is 5.57. The van der Waals surface area contributed by atoms with Gasteiger partial charge in [-0.3, -0.25) is 4.79 Å². The predicted octanol–water partition coefficient (Wildman–Crippen LogP) is 3.41. The number of rotatable bonds is 6. The SMILES string of the molecule is CCOC(CC)C(=O)Cc1ccc(Cl)c(F)c1. The van der Waals surface area contributed by atoms with Gasteiger partial charge in [-0.25, -0.2) is 4.39 Å². The Morgan fingerprint density at radius 1 is 1.47 bits per heavy atom. The van der Waals surface area contributed by atoms with Crippen LogP contribution in [-0.2, 0) is 16.0 Å². The van der Waals surface area contributed by atoms with E-state index in [1.54, 1.807) is 6.07 Å². The average Bonchev–Trinajstić information content (AvgIpc) is 2.30. The van der Waals surface area contributed by atoms with Crippen LogP contribution in [0.1, 0.15) is 25.8 Å². The van der Waals surface area contributed by atoms with Crippen molar-refractivity contribution < 1.29 is 13.9 Å². The molecule has 0 saturated carbocycles. The summed E-state index contributed by atoms with van der Waals surface area (Å²) in [5, 5.41) is 0.0676. The fourth-order valence-corrected chi connectivity index (χ4v) is 1.72. The van der Waals surface area contributed by atoms with Crippen LogP contribution in [0, 0.1) is 5.82 Å². The van der Waals surface area contributed by atoms with Crippen molar-refractivity contribution in [3.8, 4) is 0 Å². The normalized spacial score (nSPS) is 12.5. The van der Waals surface area contributed by atoms with Crippen LogP contribution in [0.4, 0.5) is 4.39 Å². The van der Waals surface area contributed by atoms with Crippen molar-refractivity contribution in [3.05, 3.63) is 34.6 Å². The van der Waals surface area contributed by atoms with Gasteiger partial charge in [0.25, 0.3) is 0 Å². The maximum atomic E-state index is 13.2. The first-order valence-electron chi connectivity index (χ1n) is 5.66. The lowest BCUT2D eigenvalue weighted by Gasteiger charge is -2.13. The number of halogens is 2. The second kappa shape index (κ2) is 6.72. The Kier molecular flexibility index (Phi) is 5.59. The molecule has 94 valence electrons. The van der Waals surface area contributed by atoms with Crippen LogP contribution in [0.2, 0.25) is 5.02 Å². The molecule has 2 nitrogen and oxygen atoms in total. The lowest BCUT2D eigenvalue weighted by Crippen LogP contribution is -2.25. The van der Waals surface area contributed by atoms with E-state index >= 15 is 0 Å². The highest BCUT2D eigenvalue weighted by atomic mass is 35.5. The lowest BCUT2D eigenvalue weighted by molar-refractivity contribution is -0.129. The zero-order chi connectivity index (χ0) is 12.8. The molecule has 1 atom stereocenters. The van der Waals surface area contributed by atoms with E-state index in [2.05, 4.69) is 0 Å². The second-order valence-electron chi connectivity index (χ2n) is 3.74. The van der Waals surface area contributed by atoms with Crippen LogP contribution < -0.4 is 0 Å². The molecule has 0 aliphatic rings. The molecule has 0 amide bonds. The van der Waals surface area contributed by atoms with Crippen molar-refractivity contribution in [1.82, 2.24) is 0 Å². The van der Waals surface area contributed by atoms with Gasteiger partial charge in [-0.1, -0.05) is 24.6 Å². The Morgan fingerprint density at radius 3 is 2.71 bits per heavy atom. The van der Waals surface area contributed by atoms with E-state index in [-0.39, 0.29) is 17.2 Å². The predicted molar refractivity (Wildman–Crippen MR) is 65.8 cm³/mol. The molecule has 0 fully saturated rings. The molecule has 0 radical (unpaired) electrons. The first kappa shape index (κ1) is 14.1. The molecule has 1 unspecified atom stereocenters. The van der Waals surface area contributed by atoms with Crippen molar-refractivity contribution in [2.75, 3.05) is 6.61 Å². The van der Waals surface area contributed by atoms with E-state index in [1.807, 2.05) is 13.8 Å². The monoisotopic (exact) mass is 258 g/mol. The largest absolute Gasteiger partial charge is 0.371 e. The summed E-state index contributed by atoms with van der Waals surface area (Å²) < 4.78 is 18.5. The number of hydrogen-bond donors (Lipinski definition) is 0. The van der Waals surface area contributed by atoms with Crippen molar-refractivity contribution in [2.45, 2.75) is 32.8 Å². The van der Waals surface area contributed by atoms with Gasteiger partial charge in [0.15, 0.2) is 5.78 Å². The number of carbonyl (C=O) groups is 1. The molecule has 1 aromatic rings. The summed E-state index contributed by atoms with van der Waals surface area (Å²) in [4.78, 5) is 11.8. The highest BCUT2D eigenvalue weighted by molar-refractivity contribution is 6.30. The first-order chi connectivity index (χ1) is 8.08. The minimum atomic E-state index is -0.499. The molecule has 0 N–H and O–H groups in total. The summed E-state index contributed by atoms with van der Waals surface area (Å²) in [6.07, 6.45) is 0.397. The van der Waals surface area contributed by atoms with Gasteiger partial charge in [-0.15, -0.1) is 0 Å². The Balaban J connectivity index is 2.69. The Morgan fingerprint density at radius 2 is 2.18 bits per heavy atom. The molecule has 0 aliphatic carbocycles. The standard InChI is InChI=1S/C13H16ClFO2/c1-3-13(17-4-2)12(16)8-9-5-6-10(14)11(15)7-9/h5-7,13H,3-4,8H2,1-2H3. The second-order valence-corrected chi connectivity index (χ2v) is 4.15.